The summed E-state index contributed by atoms with van der Waals surface area (Å²) in [5.74, 6) is -0.137. The van der Waals surface area contributed by atoms with E-state index in [4.69, 9.17) is 19.9 Å². The first-order valence-electron chi connectivity index (χ1n) is 7.69. The molecule has 5 nitrogen and oxygen atoms in total. The molecule has 0 aromatic rings. The van der Waals surface area contributed by atoms with Crippen molar-refractivity contribution in [1.29, 1.82) is 0 Å². The highest BCUT2D eigenvalue weighted by Crippen LogP contribution is 2.35. The van der Waals surface area contributed by atoms with E-state index in [-0.39, 0.29) is 5.97 Å². The lowest BCUT2D eigenvalue weighted by Crippen LogP contribution is -2.40. The number of methoxy groups -OCH3 is 1. The van der Waals surface area contributed by atoms with Crippen molar-refractivity contribution in [2.45, 2.75) is 44.9 Å². The van der Waals surface area contributed by atoms with E-state index in [2.05, 4.69) is 0 Å². The molecular weight excluding hydrogens is 258 g/mol. The van der Waals surface area contributed by atoms with Gasteiger partial charge in [-0.2, -0.15) is 0 Å². The van der Waals surface area contributed by atoms with Crippen molar-refractivity contribution in [1.82, 2.24) is 0 Å². The third-order valence-electron chi connectivity index (χ3n) is 3.98. The van der Waals surface area contributed by atoms with E-state index < -0.39 is 5.41 Å². The van der Waals surface area contributed by atoms with Crippen molar-refractivity contribution in [3.05, 3.63) is 0 Å². The minimum atomic E-state index is -0.452. The average Bonchev–Trinajstić information content (AvgIpc) is 2.72. The normalized spacial score (nSPS) is 18.5. The summed E-state index contributed by atoms with van der Waals surface area (Å²) in [5, 5.41) is 0. The van der Waals surface area contributed by atoms with Gasteiger partial charge in [-0.15, -0.1) is 0 Å². The van der Waals surface area contributed by atoms with E-state index >= 15 is 0 Å². The number of carbonyl (C=O) groups excluding carboxylic acids is 1. The molecule has 1 aliphatic rings. The zero-order valence-electron chi connectivity index (χ0n) is 12.7. The molecule has 0 aliphatic heterocycles. The fourth-order valence-electron chi connectivity index (χ4n) is 2.65. The smallest absolute Gasteiger partial charge is 0.313 e. The highest BCUT2D eigenvalue weighted by Gasteiger charge is 2.38. The Labute approximate surface area is 122 Å². The molecule has 0 unspecified atom stereocenters. The molecule has 1 fully saturated rings. The maximum Gasteiger partial charge on any atom is 0.313 e. The summed E-state index contributed by atoms with van der Waals surface area (Å²) in [6.45, 7) is 2.47. The fraction of sp³-hybridized carbons (Fsp3) is 0.933. The summed E-state index contributed by atoms with van der Waals surface area (Å²) in [6.07, 6.45) is 7.10. The second-order valence-electron chi connectivity index (χ2n) is 5.49. The van der Waals surface area contributed by atoms with Gasteiger partial charge in [0, 0.05) is 26.9 Å². The third kappa shape index (κ3) is 5.77. The molecule has 0 bridgehead atoms. The Hall–Kier alpha value is -0.650. The summed E-state index contributed by atoms with van der Waals surface area (Å²) in [4.78, 5) is 12.3. The quantitative estimate of drug-likeness (QED) is 0.398. The van der Waals surface area contributed by atoms with Crippen LogP contribution in [0, 0.1) is 5.41 Å². The van der Waals surface area contributed by atoms with Crippen LogP contribution in [0.3, 0.4) is 0 Å². The first-order valence-corrected chi connectivity index (χ1v) is 7.69. The van der Waals surface area contributed by atoms with Gasteiger partial charge < -0.3 is 19.9 Å². The van der Waals surface area contributed by atoms with Gasteiger partial charge in [0.15, 0.2) is 0 Å². The SMILES string of the molecule is COCCCOCCOC(=O)C1(CN)CCCCCC1. The van der Waals surface area contributed by atoms with E-state index in [0.717, 1.165) is 32.1 Å². The minimum Gasteiger partial charge on any atom is -0.463 e. The number of nitrogens with two attached hydrogens (primary N) is 1. The van der Waals surface area contributed by atoms with Crippen LogP contribution in [-0.2, 0) is 19.0 Å². The van der Waals surface area contributed by atoms with Crippen molar-refractivity contribution >= 4 is 5.97 Å². The fourth-order valence-corrected chi connectivity index (χ4v) is 2.65. The Balaban J connectivity index is 2.22. The first-order chi connectivity index (χ1) is 9.75. The number of carbonyl (C=O) groups is 1. The molecule has 0 aromatic heterocycles. The van der Waals surface area contributed by atoms with Crippen LogP contribution in [0.4, 0.5) is 0 Å². The summed E-state index contributed by atoms with van der Waals surface area (Å²) in [5.41, 5.74) is 5.40. The van der Waals surface area contributed by atoms with Crippen molar-refractivity contribution in [3.63, 3.8) is 0 Å². The molecule has 1 rings (SSSR count). The van der Waals surface area contributed by atoms with E-state index in [1.165, 1.54) is 12.8 Å². The van der Waals surface area contributed by atoms with Crippen molar-refractivity contribution in [3.8, 4) is 0 Å². The Morgan fingerprint density at radius 2 is 1.75 bits per heavy atom. The van der Waals surface area contributed by atoms with Crippen LogP contribution in [0.15, 0.2) is 0 Å². The standard InChI is InChI=1S/C15H29NO4/c1-18-9-6-10-19-11-12-20-14(17)15(13-16)7-4-2-3-5-8-15/h2-13,16H2,1H3. The van der Waals surface area contributed by atoms with Gasteiger partial charge in [-0.3, -0.25) is 4.79 Å². The molecule has 1 saturated carbocycles. The van der Waals surface area contributed by atoms with Gasteiger partial charge in [0.05, 0.1) is 12.0 Å². The zero-order valence-corrected chi connectivity index (χ0v) is 12.7. The lowest BCUT2D eigenvalue weighted by molar-refractivity contribution is -0.158. The summed E-state index contributed by atoms with van der Waals surface area (Å²) in [6, 6.07) is 0. The summed E-state index contributed by atoms with van der Waals surface area (Å²) < 4.78 is 15.7. The second-order valence-corrected chi connectivity index (χ2v) is 5.49. The molecule has 0 amide bonds. The second kappa shape index (κ2) is 10.1. The van der Waals surface area contributed by atoms with Crippen LogP contribution >= 0.6 is 0 Å². The van der Waals surface area contributed by atoms with Crippen LogP contribution in [0.2, 0.25) is 0 Å². The highest BCUT2D eigenvalue weighted by atomic mass is 16.6. The van der Waals surface area contributed by atoms with Crippen LogP contribution in [0.5, 0.6) is 0 Å². The maximum absolute atomic E-state index is 12.3. The van der Waals surface area contributed by atoms with Crippen LogP contribution in [0.25, 0.3) is 0 Å². The largest absolute Gasteiger partial charge is 0.463 e. The molecular formula is C15H29NO4. The molecule has 0 atom stereocenters. The minimum absolute atomic E-state index is 0.137. The van der Waals surface area contributed by atoms with E-state index in [1.54, 1.807) is 7.11 Å². The van der Waals surface area contributed by atoms with Gasteiger partial charge in [-0.05, 0) is 19.3 Å². The Kier molecular flexibility index (Phi) is 8.82. The Bertz CT molecular complexity index is 263. The topological polar surface area (TPSA) is 70.8 Å². The van der Waals surface area contributed by atoms with Crippen LogP contribution in [0.1, 0.15) is 44.9 Å². The molecule has 1 aliphatic carbocycles. The van der Waals surface area contributed by atoms with Gasteiger partial charge >= 0.3 is 5.97 Å². The summed E-state index contributed by atoms with van der Waals surface area (Å²) >= 11 is 0. The monoisotopic (exact) mass is 287 g/mol. The van der Waals surface area contributed by atoms with E-state index in [9.17, 15) is 4.79 Å². The van der Waals surface area contributed by atoms with Crippen LogP contribution < -0.4 is 5.73 Å². The number of ether oxygens (including phenoxy) is 3. The van der Waals surface area contributed by atoms with Gasteiger partial charge in [0.2, 0.25) is 0 Å². The molecule has 0 radical (unpaired) electrons. The maximum atomic E-state index is 12.3. The van der Waals surface area contributed by atoms with Gasteiger partial charge in [-0.1, -0.05) is 25.7 Å². The number of esters is 1. The van der Waals surface area contributed by atoms with E-state index in [1.807, 2.05) is 0 Å². The summed E-state index contributed by atoms with van der Waals surface area (Å²) in [7, 11) is 1.67. The number of hydrogen-bond donors (Lipinski definition) is 1. The van der Waals surface area contributed by atoms with Gasteiger partial charge in [0.1, 0.15) is 6.61 Å². The number of rotatable bonds is 9. The number of hydrogen-bond acceptors (Lipinski definition) is 5. The van der Waals surface area contributed by atoms with Crippen LogP contribution in [-0.4, -0.2) is 46.1 Å². The molecule has 0 saturated heterocycles. The first kappa shape index (κ1) is 17.4. The predicted octanol–water partition coefficient (Wildman–Crippen LogP) is 1.88. The highest BCUT2D eigenvalue weighted by molar-refractivity contribution is 5.77. The molecule has 2 N–H and O–H groups in total. The molecule has 20 heavy (non-hydrogen) atoms. The molecule has 5 heteroatoms. The van der Waals surface area contributed by atoms with Gasteiger partial charge in [-0.25, -0.2) is 0 Å². The van der Waals surface area contributed by atoms with E-state index in [0.29, 0.717) is 33.0 Å². The zero-order chi connectivity index (χ0) is 14.7. The Morgan fingerprint density at radius 3 is 2.35 bits per heavy atom. The molecule has 118 valence electrons. The predicted molar refractivity (Wildman–Crippen MR) is 77.5 cm³/mol. The molecule has 0 aromatic carbocycles. The molecule has 0 spiro atoms. The van der Waals surface area contributed by atoms with Gasteiger partial charge in [0.25, 0.3) is 0 Å². The van der Waals surface area contributed by atoms with Crippen molar-refractivity contribution in [2.75, 3.05) is 40.1 Å². The lowest BCUT2D eigenvalue weighted by atomic mass is 9.80. The molecule has 0 heterocycles. The van der Waals surface area contributed by atoms with Crippen molar-refractivity contribution < 1.29 is 19.0 Å². The Morgan fingerprint density at radius 1 is 1.05 bits per heavy atom. The third-order valence-corrected chi connectivity index (χ3v) is 3.98. The average molecular weight is 287 g/mol. The van der Waals surface area contributed by atoms with Crippen molar-refractivity contribution in [2.24, 2.45) is 11.1 Å². The lowest BCUT2D eigenvalue weighted by Gasteiger charge is -2.28.